The van der Waals surface area contributed by atoms with Crippen molar-refractivity contribution in [1.29, 1.82) is 0 Å². The Morgan fingerprint density at radius 2 is 1.39 bits per heavy atom. The van der Waals surface area contributed by atoms with Gasteiger partial charge in [-0.05, 0) is 75.0 Å². The molecular weight excluding hydrogens is 524 g/mol. The molecule has 0 aromatic carbocycles. The largest absolute Gasteiger partial charge is 0.393 e. The molecule has 2 aliphatic rings. The van der Waals surface area contributed by atoms with Crippen LogP contribution in [0.5, 0.6) is 0 Å². The van der Waals surface area contributed by atoms with E-state index in [1.165, 1.54) is 7.11 Å². The van der Waals surface area contributed by atoms with Crippen LogP contribution in [0.3, 0.4) is 0 Å². The van der Waals surface area contributed by atoms with Crippen LogP contribution in [0.4, 0.5) is 0 Å². The van der Waals surface area contributed by atoms with Crippen molar-refractivity contribution >= 4 is 0 Å². The third-order valence-corrected chi connectivity index (χ3v) is 10.5. The molecule has 0 radical (unpaired) electrons. The highest BCUT2D eigenvalue weighted by Gasteiger charge is 2.47. The summed E-state index contributed by atoms with van der Waals surface area (Å²) in [5.41, 5.74) is 0. The average molecular weight is 589 g/mol. The van der Waals surface area contributed by atoms with Crippen molar-refractivity contribution < 1.29 is 39.7 Å². The Morgan fingerprint density at radius 3 is 1.95 bits per heavy atom. The molecule has 0 aliphatic carbocycles. The van der Waals surface area contributed by atoms with Crippen molar-refractivity contribution in [3.05, 3.63) is 0 Å². The minimum Gasteiger partial charge on any atom is -0.393 e. The molecule has 2 saturated heterocycles. The zero-order chi connectivity index (χ0) is 31.1. The van der Waals surface area contributed by atoms with Crippen LogP contribution >= 0.6 is 0 Å². The highest BCUT2D eigenvalue weighted by Crippen LogP contribution is 2.45. The van der Waals surface area contributed by atoms with Crippen LogP contribution in [-0.4, -0.2) is 87.3 Å². The molecule has 0 saturated carbocycles. The summed E-state index contributed by atoms with van der Waals surface area (Å²) < 4.78 is 18.9. The number of hydrogen-bond donors (Lipinski definition) is 5. The van der Waals surface area contributed by atoms with Crippen LogP contribution in [0.15, 0.2) is 0 Å². The Balaban J connectivity index is 1.92. The van der Waals surface area contributed by atoms with Gasteiger partial charge in [-0.1, -0.05) is 48.5 Å². The van der Waals surface area contributed by atoms with E-state index >= 15 is 0 Å². The first-order chi connectivity index (χ1) is 19.1. The first-order valence-electron chi connectivity index (χ1n) is 16.4. The zero-order valence-electron chi connectivity index (χ0n) is 27.4. The summed E-state index contributed by atoms with van der Waals surface area (Å²) in [6, 6.07) is 0. The van der Waals surface area contributed by atoms with Gasteiger partial charge >= 0.3 is 0 Å². The Kier molecular flexibility index (Phi) is 15.0. The summed E-state index contributed by atoms with van der Waals surface area (Å²) in [7, 11) is 1.45. The van der Waals surface area contributed by atoms with Gasteiger partial charge in [-0.3, -0.25) is 0 Å². The van der Waals surface area contributed by atoms with E-state index in [2.05, 4.69) is 27.7 Å². The first kappa shape index (κ1) is 36.9. The number of aliphatic hydroxyl groups excluding tert-OH is 5. The Hall–Kier alpha value is -0.320. The summed E-state index contributed by atoms with van der Waals surface area (Å²) in [5, 5.41) is 52.6. The predicted octanol–water partition coefficient (Wildman–Crippen LogP) is 4.67. The molecular formula is C33H64O8. The molecule has 2 fully saturated rings. The van der Waals surface area contributed by atoms with Crippen LogP contribution in [-0.2, 0) is 14.2 Å². The molecule has 0 aromatic heterocycles. The van der Waals surface area contributed by atoms with Gasteiger partial charge in [0.05, 0.1) is 42.7 Å². The topological polar surface area (TPSA) is 129 Å². The van der Waals surface area contributed by atoms with Crippen LogP contribution in [0, 0.1) is 35.5 Å². The van der Waals surface area contributed by atoms with Crippen LogP contribution < -0.4 is 0 Å². The fourth-order valence-corrected chi connectivity index (χ4v) is 6.70. The van der Waals surface area contributed by atoms with E-state index in [9.17, 15) is 25.5 Å². The van der Waals surface area contributed by atoms with Gasteiger partial charge in [0, 0.05) is 32.3 Å². The van der Waals surface area contributed by atoms with E-state index in [0.717, 1.165) is 44.9 Å². The molecule has 8 nitrogen and oxygen atoms in total. The summed E-state index contributed by atoms with van der Waals surface area (Å²) >= 11 is 0. The van der Waals surface area contributed by atoms with Crippen LogP contribution in [0.25, 0.3) is 0 Å². The first-order valence-corrected chi connectivity index (χ1v) is 16.4. The highest BCUT2D eigenvalue weighted by atomic mass is 16.7. The SMILES string of the molecule is CO[C@@H]([C@H](O)C[C@H](O)[C@@H](C)[C@@H](O)CC[C@@H](C)[C@@H]1O[C@]2(CC[C@@H](C)[C@H](CC[C@H](C)C(C)O)O2)CC[C@@H]1C)[C@H](O)C(C)C. The van der Waals surface area contributed by atoms with Gasteiger partial charge in [0.25, 0.3) is 0 Å². The molecule has 14 atom stereocenters. The van der Waals surface area contributed by atoms with Crippen molar-refractivity contribution in [2.45, 2.75) is 168 Å². The number of ether oxygens (including phenoxy) is 3. The third-order valence-electron chi connectivity index (χ3n) is 10.5. The van der Waals surface area contributed by atoms with Gasteiger partial charge < -0.3 is 39.7 Å². The second kappa shape index (κ2) is 16.7. The number of rotatable bonds is 16. The quantitative estimate of drug-likeness (QED) is 0.176. The number of hydrogen-bond acceptors (Lipinski definition) is 8. The lowest BCUT2D eigenvalue weighted by Gasteiger charge is -2.51. The van der Waals surface area contributed by atoms with E-state index < -0.39 is 42.2 Å². The molecule has 1 spiro atoms. The van der Waals surface area contributed by atoms with Gasteiger partial charge in [-0.15, -0.1) is 0 Å². The second-order valence-corrected chi connectivity index (χ2v) is 14.3. The molecule has 5 N–H and O–H groups in total. The summed E-state index contributed by atoms with van der Waals surface area (Å²) in [6.07, 6.45) is 2.59. The molecule has 2 heterocycles. The molecule has 1 unspecified atom stereocenters. The van der Waals surface area contributed by atoms with Gasteiger partial charge in [-0.2, -0.15) is 0 Å². The normalized spacial score (nSPS) is 34.0. The van der Waals surface area contributed by atoms with E-state index in [0.29, 0.717) is 18.3 Å². The van der Waals surface area contributed by atoms with Crippen LogP contribution in [0.1, 0.15) is 113 Å². The van der Waals surface area contributed by atoms with Gasteiger partial charge in [-0.25, -0.2) is 0 Å². The highest BCUT2D eigenvalue weighted by molar-refractivity contribution is 4.91. The maximum atomic E-state index is 11.0. The summed E-state index contributed by atoms with van der Waals surface area (Å²) in [4.78, 5) is 0. The Morgan fingerprint density at radius 1 is 0.780 bits per heavy atom. The van der Waals surface area contributed by atoms with Gasteiger partial charge in [0.1, 0.15) is 6.10 Å². The lowest BCUT2D eigenvalue weighted by molar-refractivity contribution is -0.338. The fourth-order valence-electron chi connectivity index (χ4n) is 6.70. The fraction of sp³-hybridized carbons (Fsp3) is 1.00. The smallest absolute Gasteiger partial charge is 0.169 e. The third kappa shape index (κ3) is 10.4. The van der Waals surface area contributed by atoms with E-state index in [4.69, 9.17) is 14.2 Å². The van der Waals surface area contributed by atoms with Crippen molar-refractivity contribution in [2.24, 2.45) is 35.5 Å². The zero-order valence-corrected chi connectivity index (χ0v) is 27.4. The summed E-state index contributed by atoms with van der Waals surface area (Å²) in [5.74, 6) is 0.236. The van der Waals surface area contributed by atoms with Gasteiger partial charge in [0.2, 0.25) is 0 Å². The van der Waals surface area contributed by atoms with Crippen molar-refractivity contribution in [3.8, 4) is 0 Å². The average Bonchev–Trinajstić information content (AvgIpc) is 2.92. The lowest BCUT2D eigenvalue weighted by Crippen LogP contribution is -2.53. The summed E-state index contributed by atoms with van der Waals surface area (Å²) in [6.45, 7) is 16.1. The van der Waals surface area contributed by atoms with E-state index in [1.807, 2.05) is 20.8 Å². The molecule has 2 aliphatic heterocycles. The molecule has 0 amide bonds. The predicted molar refractivity (Wildman–Crippen MR) is 161 cm³/mol. The molecule has 41 heavy (non-hydrogen) atoms. The molecule has 244 valence electrons. The van der Waals surface area contributed by atoms with Crippen molar-refractivity contribution in [2.75, 3.05) is 7.11 Å². The van der Waals surface area contributed by atoms with Crippen molar-refractivity contribution in [1.82, 2.24) is 0 Å². The monoisotopic (exact) mass is 588 g/mol. The molecule has 8 heteroatoms. The number of aliphatic hydroxyl groups is 5. The Bertz CT molecular complexity index is 730. The maximum absolute atomic E-state index is 11.0. The molecule has 0 bridgehead atoms. The van der Waals surface area contributed by atoms with E-state index in [-0.39, 0.29) is 42.5 Å². The second-order valence-electron chi connectivity index (χ2n) is 14.3. The minimum atomic E-state index is -1.04. The standard InChI is InChI=1S/C33H64O8/c1-19(2)30(38)32(39-9)28(37)18-27(36)24(7)26(35)12-10-22(5)31-23(6)15-17-33(41-31)16-14-21(4)29(40-33)13-11-20(3)25(8)34/h19-32,34-38H,10-18H2,1-9H3/t20-,21+,22+,23-,24-,25?,26-,27-,28+,29-,30+,31-,32-,33+/m0/s1. The van der Waals surface area contributed by atoms with E-state index in [1.54, 1.807) is 6.92 Å². The van der Waals surface area contributed by atoms with Gasteiger partial charge in [0.15, 0.2) is 5.79 Å². The Labute approximate surface area is 250 Å². The minimum absolute atomic E-state index is 0.0221. The lowest BCUT2D eigenvalue weighted by atomic mass is 9.79. The van der Waals surface area contributed by atoms with Crippen LogP contribution in [0.2, 0.25) is 0 Å². The molecule has 2 rings (SSSR count). The number of methoxy groups -OCH3 is 1. The molecule has 0 aromatic rings. The maximum Gasteiger partial charge on any atom is 0.169 e. The van der Waals surface area contributed by atoms with Crippen molar-refractivity contribution in [3.63, 3.8) is 0 Å².